The van der Waals surface area contributed by atoms with Crippen molar-refractivity contribution in [3.63, 3.8) is 0 Å². The van der Waals surface area contributed by atoms with Crippen molar-refractivity contribution >= 4 is 17.2 Å². The number of carbonyl (C=O) groups excluding carboxylic acids is 1. The Balaban J connectivity index is 2.13. The summed E-state index contributed by atoms with van der Waals surface area (Å²) in [6, 6.07) is 4.29. The minimum Gasteiger partial charge on any atom is -0.385 e. The second-order valence-electron chi connectivity index (χ2n) is 5.66. The molecular formula is C16H26N2O2S. The lowest BCUT2D eigenvalue weighted by Crippen LogP contribution is -2.38. The van der Waals surface area contributed by atoms with Gasteiger partial charge in [-0.05, 0) is 31.2 Å². The van der Waals surface area contributed by atoms with E-state index in [0.717, 1.165) is 25.7 Å². The average Bonchev–Trinajstić information content (AvgIpc) is 3.10. The number of rotatable bonds is 8. The second-order valence-corrected chi connectivity index (χ2v) is 6.63. The Bertz CT molecular complexity index is 435. The van der Waals surface area contributed by atoms with Crippen molar-refractivity contribution in [2.45, 2.75) is 57.8 Å². The first-order chi connectivity index (χ1) is 10.2. The first kappa shape index (κ1) is 16.5. The van der Waals surface area contributed by atoms with Gasteiger partial charge >= 0.3 is 0 Å². The Morgan fingerprint density at radius 3 is 2.95 bits per heavy atom. The Kier molecular flexibility index (Phi) is 6.21. The summed E-state index contributed by atoms with van der Waals surface area (Å²) in [5.74, 6) is 0.241. The van der Waals surface area contributed by atoms with Gasteiger partial charge in [-0.25, -0.2) is 0 Å². The van der Waals surface area contributed by atoms with Gasteiger partial charge in [-0.3, -0.25) is 10.1 Å². The fourth-order valence-corrected chi connectivity index (χ4v) is 3.61. The van der Waals surface area contributed by atoms with E-state index in [1.165, 1.54) is 4.88 Å². The predicted octanol–water partition coefficient (Wildman–Crippen LogP) is 3.16. The summed E-state index contributed by atoms with van der Waals surface area (Å²) >= 11 is 1.71. The quantitative estimate of drug-likeness (QED) is 0.802. The SMILES string of the molecule is CCCCC1NC(c2cccs2)N(C(C)CCOC)C1=O. The van der Waals surface area contributed by atoms with Crippen molar-refractivity contribution in [1.82, 2.24) is 10.2 Å². The maximum absolute atomic E-state index is 12.7. The standard InChI is InChI=1S/C16H26N2O2S/c1-4-5-7-13-16(19)18(12(2)9-10-20-3)15(17-13)14-8-6-11-21-14/h6,8,11-13,15,17H,4-5,7,9-10H2,1-3H3. The molecule has 0 aromatic carbocycles. The molecule has 3 atom stereocenters. The lowest BCUT2D eigenvalue weighted by molar-refractivity contribution is -0.132. The number of carbonyl (C=O) groups is 1. The molecule has 1 aliphatic heterocycles. The molecule has 0 spiro atoms. The Labute approximate surface area is 131 Å². The first-order valence-electron chi connectivity index (χ1n) is 7.79. The molecule has 1 aliphatic rings. The summed E-state index contributed by atoms with van der Waals surface area (Å²) in [7, 11) is 1.71. The second kappa shape index (κ2) is 7.92. The number of methoxy groups -OCH3 is 1. The monoisotopic (exact) mass is 310 g/mol. The Morgan fingerprint density at radius 2 is 2.33 bits per heavy atom. The third kappa shape index (κ3) is 3.84. The fourth-order valence-electron chi connectivity index (χ4n) is 2.83. The number of ether oxygens (including phenoxy) is 1. The third-order valence-electron chi connectivity index (χ3n) is 4.06. The molecule has 1 N–H and O–H groups in total. The Morgan fingerprint density at radius 1 is 1.52 bits per heavy atom. The molecule has 1 saturated heterocycles. The molecule has 5 heteroatoms. The van der Waals surface area contributed by atoms with Gasteiger partial charge in [0.2, 0.25) is 5.91 Å². The molecule has 118 valence electrons. The van der Waals surface area contributed by atoms with Crippen LogP contribution in [0.1, 0.15) is 50.6 Å². The van der Waals surface area contributed by atoms with Crippen LogP contribution in [0.2, 0.25) is 0 Å². The van der Waals surface area contributed by atoms with Crippen LogP contribution in [0.4, 0.5) is 0 Å². The van der Waals surface area contributed by atoms with E-state index >= 15 is 0 Å². The summed E-state index contributed by atoms with van der Waals surface area (Å²) in [4.78, 5) is 16.0. The highest BCUT2D eigenvalue weighted by atomic mass is 32.1. The zero-order chi connectivity index (χ0) is 15.2. The number of amides is 1. The normalized spacial score (nSPS) is 23.8. The largest absolute Gasteiger partial charge is 0.385 e. The molecule has 1 aromatic heterocycles. The lowest BCUT2D eigenvalue weighted by atomic mass is 10.1. The van der Waals surface area contributed by atoms with Crippen molar-refractivity contribution in [2.75, 3.05) is 13.7 Å². The smallest absolute Gasteiger partial charge is 0.241 e. The van der Waals surface area contributed by atoms with E-state index in [1.54, 1.807) is 18.4 Å². The number of hydrogen-bond donors (Lipinski definition) is 1. The van der Waals surface area contributed by atoms with Crippen LogP contribution in [0.25, 0.3) is 0 Å². The van der Waals surface area contributed by atoms with Gasteiger partial charge in [0.1, 0.15) is 6.17 Å². The Hall–Kier alpha value is -0.910. The highest BCUT2D eigenvalue weighted by Gasteiger charge is 2.41. The van der Waals surface area contributed by atoms with Crippen molar-refractivity contribution in [3.8, 4) is 0 Å². The van der Waals surface area contributed by atoms with E-state index in [9.17, 15) is 4.79 Å². The van der Waals surface area contributed by atoms with Crippen LogP contribution in [-0.2, 0) is 9.53 Å². The number of nitrogens with one attached hydrogen (secondary N) is 1. The number of hydrogen-bond acceptors (Lipinski definition) is 4. The molecule has 21 heavy (non-hydrogen) atoms. The molecule has 0 aliphatic carbocycles. The van der Waals surface area contributed by atoms with Gasteiger partial charge in [0, 0.05) is 24.6 Å². The van der Waals surface area contributed by atoms with Crippen molar-refractivity contribution in [3.05, 3.63) is 22.4 Å². The lowest BCUT2D eigenvalue weighted by Gasteiger charge is -2.29. The average molecular weight is 310 g/mol. The van der Waals surface area contributed by atoms with Crippen LogP contribution >= 0.6 is 11.3 Å². The molecule has 4 nitrogen and oxygen atoms in total. The molecule has 1 fully saturated rings. The van der Waals surface area contributed by atoms with Crippen LogP contribution in [0.15, 0.2) is 17.5 Å². The van der Waals surface area contributed by atoms with E-state index in [0.29, 0.717) is 6.61 Å². The van der Waals surface area contributed by atoms with E-state index in [2.05, 4.69) is 30.6 Å². The van der Waals surface area contributed by atoms with E-state index in [1.807, 2.05) is 11.0 Å². The van der Waals surface area contributed by atoms with Gasteiger partial charge in [-0.1, -0.05) is 25.8 Å². The van der Waals surface area contributed by atoms with Gasteiger partial charge in [-0.15, -0.1) is 11.3 Å². The van der Waals surface area contributed by atoms with Gasteiger partial charge in [-0.2, -0.15) is 0 Å². The van der Waals surface area contributed by atoms with E-state index in [-0.39, 0.29) is 24.2 Å². The maximum atomic E-state index is 12.7. The number of unbranched alkanes of at least 4 members (excludes halogenated alkanes) is 1. The zero-order valence-electron chi connectivity index (χ0n) is 13.2. The number of nitrogens with zero attached hydrogens (tertiary/aromatic N) is 1. The van der Waals surface area contributed by atoms with Crippen LogP contribution in [-0.4, -0.2) is 36.6 Å². The van der Waals surface area contributed by atoms with Crippen molar-refractivity contribution in [2.24, 2.45) is 0 Å². The molecule has 2 heterocycles. The van der Waals surface area contributed by atoms with Gasteiger partial charge in [0.15, 0.2) is 0 Å². The van der Waals surface area contributed by atoms with E-state index in [4.69, 9.17) is 4.74 Å². The van der Waals surface area contributed by atoms with Crippen LogP contribution < -0.4 is 5.32 Å². The minimum absolute atomic E-state index is 0.0196. The summed E-state index contributed by atoms with van der Waals surface area (Å²) in [5, 5.41) is 5.60. The highest BCUT2D eigenvalue weighted by molar-refractivity contribution is 7.10. The van der Waals surface area contributed by atoms with Crippen molar-refractivity contribution < 1.29 is 9.53 Å². The minimum atomic E-state index is -0.0398. The van der Waals surface area contributed by atoms with Gasteiger partial charge in [0.25, 0.3) is 0 Å². The first-order valence-corrected chi connectivity index (χ1v) is 8.67. The molecular weight excluding hydrogens is 284 g/mol. The molecule has 0 saturated carbocycles. The summed E-state index contributed by atoms with van der Waals surface area (Å²) in [6.45, 7) is 4.96. The van der Waals surface area contributed by atoms with Crippen LogP contribution in [0, 0.1) is 0 Å². The molecule has 0 radical (unpaired) electrons. The van der Waals surface area contributed by atoms with E-state index < -0.39 is 0 Å². The molecule has 1 aromatic rings. The molecule has 3 unspecified atom stereocenters. The summed E-state index contributed by atoms with van der Waals surface area (Å²) < 4.78 is 5.17. The third-order valence-corrected chi connectivity index (χ3v) is 4.99. The van der Waals surface area contributed by atoms with Gasteiger partial charge in [0.05, 0.1) is 6.04 Å². The zero-order valence-corrected chi connectivity index (χ0v) is 14.0. The predicted molar refractivity (Wildman–Crippen MR) is 86.3 cm³/mol. The molecule has 1 amide bonds. The van der Waals surface area contributed by atoms with Crippen molar-refractivity contribution in [1.29, 1.82) is 0 Å². The van der Waals surface area contributed by atoms with Crippen LogP contribution in [0.3, 0.4) is 0 Å². The molecule has 0 bridgehead atoms. The number of thiophene rings is 1. The topological polar surface area (TPSA) is 41.6 Å². The van der Waals surface area contributed by atoms with Crippen LogP contribution in [0.5, 0.6) is 0 Å². The fraction of sp³-hybridized carbons (Fsp3) is 0.688. The summed E-state index contributed by atoms with van der Waals surface area (Å²) in [5.41, 5.74) is 0. The molecule has 2 rings (SSSR count). The summed E-state index contributed by atoms with van der Waals surface area (Å²) in [6.07, 6.45) is 4.01. The van der Waals surface area contributed by atoms with Gasteiger partial charge < -0.3 is 9.64 Å². The maximum Gasteiger partial charge on any atom is 0.241 e. The highest BCUT2D eigenvalue weighted by Crippen LogP contribution is 2.32.